The third-order valence-electron chi connectivity index (χ3n) is 2.34. The Hall–Kier alpha value is -1.62. The predicted octanol–water partition coefficient (Wildman–Crippen LogP) is 1.84. The van der Waals surface area contributed by atoms with E-state index in [-0.39, 0.29) is 11.5 Å². The van der Waals surface area contributed by atoms with Crippen LogP contribution in [0.4, 0.5) is 5.69 Å². The van der Waals surface area contributed by atoms with Gasteiger partial charge in [-0.3, -0.25) is 15.1 Å². The molecule has 1 aliphatic heterocycles. The van der Waals surface area contributed by atoms with E-state index in [0.29, 0.717) is 23.9 Å². The summed E-state index contributed by atoms with van der Waals surface area (Å²) in [5.74, 6) is 0.507. The average Bonchev–Trinajstić information content (AvgIpc) is 2.66. The van der Waals surface area contributed by atoms with Crippen molar-refractivity contribution < 1.29 is 4.92 Å². The number of anilines is 1. The van der Waals surface area contributed by atoms with Crippen LogP contribution in [0.1, 0.15) is 0 Å². The third kappa shape index (κ3) is 2.30. The van der Waals surface area contributed by atoms with E-state index in [1.165, 1.54) is 0 Å². The summed E-state index contributed by atoms with van der Waals surface area (Å²) in [6.07, 6.45) is 0. The van der Waals surface area contributed by atoms with E-state index in [1.54, 1.807) is 12.1 Å². The molecule has 2 rings (SSSR count). The summed E-state index contributed by atoms with van der Waals surface area (Å²) < 4.78 is 0. The number of aliphatic imine (C=N–C) groups is 1. The molecule has 0 aromatic heterocycles. The molecule has 6 heteroatoms. The number of nitrogens with zero attached hydrogens (tertiary/aromatic N) is 3. The van der Waals surface area contributed by atoms with Crippen molar-refractivity contribution in [2.75, 3.05) is 24.5 Å². The largest absolute Gasteiger partial charge is 0.323 e. The maximum Gasteiger partial charge on any atom is 0.260 e. The number of amidine groups is 1. The SMILES string of the molecule is O=[N+]([O-])CC1=NCCN1c1ccc(Cl)cc1. The monoisotopic (exact) mass is 239 g/mol. The Balaban J connectivity index is 2.18. The highest BCUT2D eigenvalue weighted by Gasteiger charge is 2.22. The molecule has 0 fully saturated rings. The van der Waals surface area contributed by atoms with Crippen molar-refractivity contribution in [2.24, 2.45) is 4.99 Å². The predicted molar refractivity (Wildman–Crippen MR) is 63.0 cm³/mol. The zero-order valence-corrected chi connectivity index (χ0v) is 9.22. The number of rotatable bonds is 3. The van der Waals surface area contributed by atoms with Gasteiger partial charge in [0.15, 0.2) is 5.84 Å². The zero-order chi connectivity index (χ0) is 11.5. The van der Waals surface area contributed by atoms with E-state index in [2.05, 4.69) is 4.99 Å². The second kappa shape index (κ2) is 4.49. The number of hydrogen-bond donors (Lipinski definition) is 0. The molecule has 0 amide bonds. The lowest BCUT2D eigenvalue weighted by atomic mass is 10.3. The Morgan fingerprint density at radius 2 is 2.12 bits per heavy atom. The van der Waals surface area contributed by atoms with Crippen LogP contribution in [0.2, 0.25) is 5.02 Å². The molecule has 1 aromatic carbocycles. The second-order valence-electron chi connectivity index (χ2n) is 3.42. The summed E-state index contributed by atoms with van der Waals surface area (Å²) in [6.45, 7) is 1.05. The van der Waals surface area contributed by atoms with Gasteiger partial charge >= 0.3 is 0 Å². The topological polar surface area (TPSA) is 58.7 Å². The molecule has 1 heterocycles. The summed E-state index contributed by atoms with van der Waals surface area (Å²) >= 11 is 5.78. The third-order valence-corrected chi connectivity index (χ3v) is 2.59. The van der Waals surface area contributed by atoms with Crippen molar-refractivity contribution in [3.05, 3.63) is 39.4 Å². The van der Waals surface area contributed by atoms with E-state index >= 15 is 0 Å². The van der Waals surface area contributed by atoms with Gasteiger partial charge in [0.2, 0.25) is 0 Å². The van der Waals surface area contributed by atoms with Crippen LogP contribution in [0, 0.1) is 10.1 Å². The molecule has 1 aliphatic rings. The fraction of sp³-hybridized carbons (Fsp3) is 0.300. The molecular weight excluding hydrogens is 230 g/mol. The molecule has 84 valence electrons. The van der Waals surface area contributed by atoms with E-state index in [9.17, 15) is 10.1 Å². The first kappa shape index (κ1) is 10.9. The first-order valence-electron chi connectivity index (χ1n) is 4.85. The summed E-state index contributed by atoms with van der Waals surface area (Å²) in [6, 6.07) is 7.20. The fourth-order valence-corrected chi connectivity index (χ4v) is 1.77. The normalized spacial score (nSPS) is 15.1. The van der Waals surface area contributed by atoms with E-state index in [0.717, 1.165) is 5.69 Å². The van der Waals surface area contributed by atoms with Crippen molar-refractivity contribution in [3.63, 3.8) is 0 Å². The fourth-order valence-electron chi connectivity index (χ4n) is 1.64. The minimum atomic E-state index is -0.368. The van der Waals surface area contributed by atoms with Gasteiger partial charge in [-0.1, -0.05) is 11.6 Å². The summed E-state index contributed by atoms with van der Waals surface area (Å²) in [5.41, 5.74) is 0.891. The van der Waals surface area contributed by atoms with Crippen molar-refractivity contribution in [1.82, 2.24) is 0 Å². The van der Waals surface area contributed by atoms with Crippen LogP contribution in [-0.4, -0.2) is 30.4 Å². The molecular formula is C10H10ClN3O2. The van der Waals surface area contributed by atoms with Gasteiger partial charge in [0.25, 0.3) is 6.54 Å². The lowest BCUT2D eigenvalue weighted by Crippen LogP contribution is -2.32. The van der Waals surface area contributed by atoms with Crippen molar-refractivity contribution >= 4 is 23.1 Å². The van der Waals surface area contributed by atoms with Crippen LogP contribution in [0.15, 0.2) is 29.3 Å². The van der Waals surface area contributed by atoms with Crippen LogP contribution in [0.5, 0.6) is 0 Å². The average molecular weight is 240 g/mol. The molecule has 0 saturated heterocycles. The van der Waals surface area contributed by atoms with Gasteiger partial charge in [-0.25, -0.2) is 0 Å². The second-order valence-corrected chi connectivity index (χ2v) is 3.85. The van der Waals surface area contributed by atoms with Gasteiger partial charge in [0.1, 0.15) is 0 Å². The Morgan fingerprint density at radius 1 is 1.44 bits per heavy atom. The van der Waals surface area contributed by atoms with Crippen LogP contribution in [0.25, 0.3) is 0 Å². The highest BCUT2D eigenvalue weighted by molar-refractivity contribution is 6.30. The molecule has 0 unspecified atom stereocenters. The van der Waals surface area contributed by atoms with Gasteiger partial charge in [-0.15, -0.1) is 0 Å². The minimum absolute atomic E-state index is 0.234. The molecule has 0 aliphatic carbocycles. The van der Waals surface area contributed by atoms with Gasteiger partial charge in [-0.05, 0) is 24.3 Å². The van der Waals surface area contributed by atoms with E-state index < -0.39 is 0 Å². The molecule has 0 spiro atoms. The lowest BCUT2D eigenvalue weighted by molar-refractivity contribution is -0.463. The first-order chi connectivity index (χ1) is 7.66. The van der Waals surface area contributed by atoms with Crippen molar-refractivity contribution in [2.45, 2.75) is 0 Å². The van der Waals surface area contributed by atoms with Crippen LogP contribution < -0.4 is 4.90 Å². The lowest BCUT2D eigenvalue weighted by Gasteiger charge is -2.18. The van der Waals surface area contributed by atoms with Crippen LogP contribution in [0.3, 0.4) is 0 Å². The standard InChI is InChI=1S/C10H10ClN3O2/c11-8-1-3-9(4-2-8)13-6-5-12-10(13)7-14(15)16/h1-4H,5-7H2. The smallest absolute Gasteiger partial charge is 0.260 e. The van der Waals surface area contributed by atoms with E-state index in [4.69, 9.17) is 11.6 Å². The van der Waals surface area contributed by atoms with Gasteiger partial charge < -0.3 is 4.90 Å². The summed E-state index contributed by atoms with van der Waals surface area (Å²) in [5, 5.41) is 11.1. The molecule has 0 bridgehead atoms. The Kier molecular flexibility index (Phi) is 3.05. The van der Waals surface area contributed by atoms with Crippen molar-refractivity contribution in [3.8, 4) is 0 Å². The molecule has 5 nitrogen and oxygen atoms in total. The Labute approximate surface area is 97.5 Å². The highest BCUT2D eigenvalue weighted by Crippen LogP contribution is 2.20. The maximum atomic E-state index is 10.5. The quantitative estimate of drug-likeness (QED) is 0.597. The van der Waals surface area contributed by atoms with E-state index in [1.807, 2.05) is 17.0 Å². The molecule has 0 atom stereocenters. The van der Waals surface area contributed by atoms with Gasteiger partial charge in [0.05, 0.1) is 6.54 Å². The summed E-state index contributed by atoms with van der Waals surface area (Å²) in [4.78, 5) is 16.1. The molecule has 0 radical (unpaired) electrons. The number of hydrogen-bond acceptors (Lipinski definition) is 4. The number of benzene rings is 1. The molecule has 1 aromatic rings. The van der Waals surface area contributed by atoms with Crippen LogP contribution in [-0.2, 0) is 0 Å². The Morgan fingerprint density at radius 3 is 2.75 bits per heavy atom. The Bertz CT molecular complexity index is 430. The summed E-state index contributed by atoms with van der Waals surface area (Å²) in [7, 11) is 0. The molecule has 0 N–H and O–H groups in total. The van der Waals surface area contributed by atoms with Gasteiger partial charge in [-0.2, -0.15) is 0 Å². The van der Waals surface area contributed by atoms with Crippen molar-refractivity contribution in [1.29, 1.82) is 0 Å². The maximum absolute atomic E-state index is 10.5. The highest BCUT2D eigenvalue weighted by atomic mass is 35.5. The first-order valence-corrected chi connectivity index (χ1v) is 5.23. The number of halogens is 1. The molecule has 16 heavy (non-hydrogen) atoms. The minimum Gasteiger partial charge on any atom is -0.323 e. The van der Waals surface area contributed by atoms with Crippen LogP contribution >= 0.6 is 11.6 Å². The van der Waals surface area contributed by atoms with Gasteiger partial charge in [0, 0.05) is 22.2 Å². The number of nitro groups is 1. The zero-order valence-electron chi connectivity index (χ0n) is 8.47. The molecule has 0 saturated carbocycles.